The van der Waals surface area contributed by atoms with Crippen molar-refractivity contribution in [1.82, 2.24) is 0 Å². The first-order valence-electron chi connectivity index (χ1n) is 5.71. The van der Waals surface area contributed by atoms with Crippen LogP contribution >= 0.6 is 0 Å². The maximum absolute atomic E-state index is 11.0. The highest BCUT2D eigenvalue weighted by atomic mass is 16.6. The van der Waals surface area contributed by atoms with Gasteiger partial charge in [0.25, 0.3) is 5.69 Å². The maximum atomic E-state index is 11.0. The third kappa shape index (κ3) is 2.67. The van der Waals surface area contributed by atoms with Crippen LogP contribution in [0.15, 0.2) is 18.2 Å². The van der Waals surface area contributed by atoms with E-state index in [9.17, 15) is 10.1 Å². The largest absolute Gasteiger partial charge is 0.496 e. The van der Waals surface area contributed by atoms with Crippen molar-refractivity contribution in [3.8, 4) is 5.75 Å². The lowest BCUT2D eigenvalue weighted by Gasteiger charge is -2.14. The minimum absolute atomic E-state index is 0.0665. The number of benzene rings is 1. The average Bonchev–Trinajstić information content (AvgIpc) is 3.13. The van der Waals surface area contributed by atoms with Crippen molar-refractivity contribution in [2.75, 3.05) is 12.4 Å². The molecule has 0 radical (unpaired) electrons. The predicted molar refractivity (Wildman–Crippen MR) is 65.5 cm³/mol. The third-order valence-corrected chi connectivity index (χ3v) is 3.11. The van der Waals surface area contributed by atoms with Crippen LogP contribution in [0.4, 0.5) is 11.4 Å². The van der Waals surface area contributed by atoms with Crippen molar-refractivity contribution >= 4 is 11.4 Å². The maximum Gasteiger partial charge on any atom is 0.296 e. The Hall–Kier alpha value is -1.78. The van der Waals surface area contributed by atoms with E-state index in [1.807, 2.05) is 0 Å². The summed E-state index contributed by atoms with van der Waals surface area (Å²) in [5, 5.41) is 14.2. The Morgan fingerprint density at radius 1 is 1.53 bits per heavy atom. The summed E-state index contributed by atoms with van der Waals surface area (Å²) in [6.45, 7) is 2.06. The summed E-state index contributed by atoms with van der Waals surface area (Å²) in [4.78, 5) is 10.6. The van der Waals surface area contributed by atoms with Gasteiger partial charge in [-0.15, -0.1) is 0 Å². The van der Waals surface area contributed by atoms with Gasteiger partial charge in [-0.05, 0) is 37.8 Å². The zero-order valence-electron chi connectivity index (χ0n) is 9.97. The lowest BCUT2D eigenvalue weighted by Crippen LogP contribution is -2.18. The number of anilines is 1. The molecule has 1 fully saturated rings. The molecule has 0 amide bonds. The normalized spacial score (nSPS) is 16.4. The molecule has 0 aliphatic heterocycles. The van der Waals surface area contributed by atoms with Crippen LogP contribution in [-0.2, 0) is 0 Å². The zero-order chi connectivity index (χ0) is 12.4. The van der Waals surface area contributed by atoms with Crippen LogP contribution in [0.25, 0.3) is 0 Å². The lowest BCUT2D eigenvalue weighted by molar-refractivity contribution is -0.384. The van der Waals surface area contributed by atoms with Gasteiger partial charge in [-0.1, -0.05) is 0 Å². The molecule has 5 nitrogen and oxygen atoms in total. The Bertz CT molecular complexity index is 430. The van der Waals surface area contributed by atoms with Crippen molar-refractivity contribution in [3.63, 3.8) is 0 Å². The molecule has 0 aromatic heterocycles. The van der Waals surface area contributed by atoms with Gasteiger partial charge in [0.1, 0.15) is 11.4 Å². The van der Waals surface area contributed by atoms with Crippen molar-refractivity contribution in [1.29, 1.82) is 0 Å². The van der Waals surface area contributed by atoms with Crippen molar-refractivity contribution in [3.05, 3.63) is 28.3 Å². The summed E-state index contributed by atoms with van der Waals surface area (Å²) in [5.41, 5.74) is 0.632. The molecule has 0 spiro atoms. The van der Waals surface area contributed by atoms with Crippen LogP contribution in [0.5, 0.6) is 5.75 Å². The lowest BCUT2D eigenvalue weighted by atomic mass is 10.2. The first kappa shape index (κ1) is 11.7. The molecular weight excluding hydrogens is 220 g/mol. The molecule has 2 rings (SSSR count). The van der Waals surface area contributed by atoms with E-state index in [2.05, 4.69) is 12.2 Å². The molecule has 0 bridgehead atoms. The standard InChI is InChI=1S/C12H16N2O3/c1-8(9-3-4-9)13-11-6-5-10(17-2)7-12(11)14(15)16/h5-9,13H,3-4H2,1-2H3. The van der Waals surface area contributed by atoms with Crippen LogP contribution in [0.1, 0.15) is 19.8 Å². The van der Waals surface area contributed by atoms with Crippen molar-refractivity contribution in [2.45, 2.75) is 25.8 Å². The summed E-state index contributed by atoms with van der Waals surface area (Å²) >= 11 is 0. The summed E-state index contributed by atoms with van der Waals surface area (Å²) in [7, 11) is 1.50. The van der Waals surface area contributed by atoms with E-state index < -0.39 is 0 Å². The highest BCUT2D eigenvalue weighted by Gasteiger charge is 2.29. The van der Waals surface area contributed by atoms with Crippen molar-refractivity contribution < 1.29 is 9.66 Å². The van der Waals surface area contributed by atoms with Crippen LogP contribution in [-0.4, -0.2) is 18.1 Å². The molecule has 5 heteroatoms. The molecule has 1 N–H and O–H groups in total. The second kappa shape index (κ2) is 4.61. The fourth-order valence-corrected chi connectivity index (χ4v) is 1.87. The molecule has 1 atom stereocenters. The molecular formula is C12H16N2O3. The van der Waals surface area contributed by atoms with E-state index in [1.54, 1.807) is 12.1 Å². The Kier molecular flexibility index (Phi) is 3.17. The predicted octanol–water partition coefficient (Wildman–Crippen LogP) is 2.81. The van der Waals surface area contributed by atoms with Gasteiger partial charge in [-0.25, -0.2) is 0 Å². The van der Waals surface area contributed by atoms with Gasteiger partial charge in [0.05, 0.1) is 18.1 Å². The number of methoxy groups -OCH3 is 1. The number of nitro benzene ring substituents is 1. The Labute approximate surface area is 99.9 Å². The van der Waals surface area contributed by atoms with Gasteiger partial charge in [-0.2, -0.15) is 0 Å². The smallest absolute Gasteiger partial charge is 0.296 e. The quantitative estimate of drug-likeness (QED) is 0.630. The zero-order valence-corrected chi connectivity index (χ0v) is 9.97. The van der Waals surface area contributed by atoms with Gasteiger partial charge < -0.3 is 10.1 Å². The van der Waals surface area contributed by atoms with Gasteiger partial charge >= 0.3 is 0 Å². The molecule has 1 aliphatic carbocycles. The molecule has 0 heterocycles. The number of rotatable bonds is 5. The molecule has 1 aliphatic rings. The second-order valence-corrected chi connectivity index (χ2v) is 4.41. The minimum Gasteiger partial charge on any atom is -0.496 e. The van der Waals surface area contributed by atoms with Crippen LogP contribution in [0.3, 0.4) is 0 Å². The highest BCUT2D eigenvalue weighted by Crippen LogP contribution is 2.36. The fraction of sp³-hybridized carbons (Fsp3) is 0.500. The molecule has 17 heavy (non-hydrogen) atoms. The Morgan fingerprint density at radius 3 is 2.76 bits per heavy atom. The van der Waals surface area contributed by atoms with E-state index in [0.717, 1.165) is 0 Å². The van der Waals surface area contributed by atoms with E-state index in [4.69, 9.17) is 4.74 Å². The second-order valence-electron chi connectivity index (χ2n) is 4.41. The Morgan fingerprint density at radius 2 is 2.24 bits per heavy atom. The molecule has 1 unspecified atom stereocenters. The summed E-state index contributed by atoms with van der Waals surface area (Å²) < 4.78 is 4.99. The van der Waals surface area contributed by atoms with Crippen LogP contribution < -0.4 is 10.1 Å². The van der Waals surface area contributed by atoms with E-state index >= 15 is 0 Å². The highest BCUT2D eigenvalue weighted by molar-refractivity contribution is 5.64. The Balaban J connectivity index is 2.22. The summed E-state index contributed by atoms with van der Waals surface area (Å²) in [6, 6.07) is 5.16. The molecule has 1 aromatic carbocycles. The van der Waals surface area contributed by atoms with Crippen LogP contribution in [0, 0.1) is 16.0 Å². The van der Waals surface area contributed by atoms with Gasteiger partial charge in [0, 0.05) is 6.04 Å². The fourth-order valence-electron chi connectivity index (χ4n) is 1.87. The number of hydrogen-bond donors (Lipinski definition) is 1. The number of ether oxygens (including phenoxy) is 1. The number of nitrogens with one attached hydrogen (secondary N) is 1. The first-order chi connectivity index (χ1) is 8.11. The van der Waals surface area contributed by atoms with Gasteiger partial charge in [0.2, 0.25) is 0 Å². The van der Waals surface area contributed by atoms with Crippen LogP contribution in [0.2, 0.25) is 0 Å². The molecule has 92 valence electrons. The van der Waals surface area contributed by atoms with E-state index in [0.29, 0.717) is 17.4 Å². The van der Waals surface area contributed by atoms with E-state index in [-0.39, 0.29) is 16.7 Å². The average molecular weight is 236 g/mol. The number of nitrogens with zero attached hydrogens (tertiary/aromatic N) is 1. The van der Waals surface area contributed by atoms with E-state index in [1.165, 1.54) is 26.0 Å². The topological polar surface area (TPSA) is 64.4 Å². The molecule has 0 saturated heterocycles. The SMILES string of the molecule is COc1ccc(NC(C)C2CC2)c([N+](=O)[O-])c1. The molecule has 1 saturated carbocycles. The van der Waals surface area contributed by atoms with Gasteiger partial charge in [-0.3, -0.25) is 10.1 Å². The number of nitro groups is 1. The number of hydrogen-bond acceptors (Lipinski definition) is 4. The first-order valence-corrected chi connectivity index (χ1v) is 5.71. The van der Waals surface area contributed by atoms with Crippen molar-refractivity contribution in [2.24, 2.45) is 5.92 Å². The monoisotopic (exact) mass is 236 g/mol. The van der Waals surface area contributed by atoms with Gasteiger partial charge in [0.15, 0.2) is 0 Å². The summed E-state index contributed by atoms with van der Waals surface area (Å²) in [6.07, 6.45) is 2.41. The minimum atomic E-state index is -0.384. The molecule has 1 aromatic rings. The summed E-state index contributed by atoms with van der Waals surface area (Å²) in [5.74, 6) is 1.15. The third-order valence-electron chi connectivity index (χ3n) is 3.11.